The van der Waals surface area contributed by atoms with Crippen molar-refractivity contribution in [2.24, 2.45) is 0 Å². The van der Waals surface area contributed by atoms with Gasteiger partial charge in [0.15, 0.2) is 0 Å². The summed E-state index contributed by atoms with van der Waals surface area (Å²) in [6.45, 7) is 0. The van der Waals surface area contributed by atoms with Crippen molar-refractivity contribution in [1.82, 2.24) is 0 Å². The number of benzene rings is 1. The minimum Gasteiger partial charge on any atom is -0.388 e. The van der Waals surface area contributed by atoms with Crippen molar-refractivity contribution < 1.29 is 5.11 Å². The zero-order chi connectivity index (χ0) is 11.5. The van der Waals surface area contributed by atoms with E-state index >= 15 is 0 Å². The largest absolute Gasteiger partial charge is 0.388 e. The Balaban J connectivity index is 2.17. The highest BCUT2D eigenvalue weighted by molar-refractivity contribution is 9.10. The molecule has 0 aliphatic carbocycles. The van der Waals surface area contributed by atoms with Crippen LogP contribution in [0.5, 0.6) is 0 Å². The molecule has 0 spiro atoms. The van der Waals surface area contributed by atoms with Crippen LogP contribution in [0.3, 0.4) is 0 Å². The summed E-state index contributed by atoms with van der Waals surface area (Å²) in [4.78, 5) is 1.18. The molecule has 0 saturated carbocycles. The van der Waals surface area contributed by atoms with Gasteiger partial charge in [-0.25, -0.2) is 0 Å². The summed E-state index contributed by atoms with van der Waals surface area (Å²) in [6, 6.07) is 9.46. The molecular formula is C12H10BrClOS. The van der Waals surface area contributed by atoms with Crippen LogP contribution in [0.1, 0.15) is 16.5 Å². The summed E-state index contributed by atoms with van der Waals surface area (Å²) in [6.07, 6.45) is 0.142. The van der Waals surface area contributed by atoms with Gasteiger partial charge in [0, 0.05) is 20.8 Å². The first kappa shape index (κ1) is 12.1. The van der Waals surface area contributed by atoms with E-state index in [2.05, 4.69) is 15.9 Å². The zero-order valence-electron chi connectivity index (χ0n) is 8.36. The van der Waals surface area contributed by atoms with Crippen molar-refractivity contribution in [3.05, 3.63) is 55.6 Å². The lowest BCUT2D eigenvalue weighted by atomic mass is 10.1. The molecule has 2 aromatic rings. The molecule has 1 unspecified atom stereocenters. The fourth-order valence-electron chi connectivity index (χ4n) is 1.50. The van der Waals surface area contributed by atoms with Gasteiger partial charge in [0.25, 0.3) is 0 Å². The van der Waals surface area contributed by atoms with Gasteiger partial charge in [0.1, 0.15) is 0 Å². The summed E-state index contributed by atoms with van der Waals surface area (Å²) >= 11 is 10.9. The Morgan fingerprint density at radius 2 is 2.19 bits per heavy atom. The third kappa shape index (κ3) is 2.86. The molecular weight excluding hydrogens is 308 g/mol. The second-order valence-electron chi connectivity index (χ2n) is 3.47. The lowest BCUT2D eigenvalue weighted by molar-refractivity contribution is 0.178. The summed E-state index contributed by atoms with van der Waals surface area (Å²) in [5.74, 6) is 0. The predicted molar refractivity (Wildman–Crippen MR) is 72.1 cm³/mol. The van der Waals surface area contributed by atoms with Crippen molar-refractivity contribution in [3.63, 3.8) is 0 Å². The highest BCUT2D eigenvalue weighted by Crippen LogP contribution is 2.29. The minimum atomic E-state index is -0.495. The average Bonchev–Trinajstić information content (AvgIpc) is 2.70. The monoisotopic (exact) mass is 316 g/mol. The van der Waals surface area contributed by atoms with Crippen LogP contribution >= 0.6 is 38.9 Å². The molecule has 1 heterocycles. The fourth-order valence-corrected chi connectivity index (χ4v) is 3.19. The summed E-state index contributed by atoms with van der Waals surface area (Å²) in [5.41, 5.74) is 0.873. The maximum atomic E-state index is 10.1. The second-order valence-corrected chi connectivity index (χ2v) is 5.79. The molecule has 0 saturated heterocycles. The van der Waals surface area contributed by atoms with Gasteiger partial charge in [-0.15, -0.1) is 11.3 Å². The maximum Gasteiger partial charge on any atom is 0.0849 e. The van der Waals surface area contributed by atoms with Gasteiger partial charge in [-0.1, -0.05) is 39.7 Å². The van der Waals surface area contributed by atoms with Crippen LogP contribution in [0, 0.1) is 0 Å². The lowest BCUT2D eigenvalue weighted by Gasteiger charge is -2.12. The Labute approximate surface area is 112 Å². The first-order valence-electron chi connectivity index (χ1n) is 4.82. The van der Waals surface area contributed by atoms with E-state index in [1.807, 2.05) is 23.6 Å². The molecule has 0 aliphatic rings. The maximum absolute atomic E-state index is 10.1. The molecule has 1 aromatic heterocycles. The highest BCUT2D eigenvalue weighted by atomic mass is 79.9. The first-order chi connectivity index (χ1) is 7.66. The van der Waals surface area contributed by atoms with Gasteiger partial charge in [-0.05, 0) is 29.1 Å². The summed E-state index contributed by atoms with van der Waals surface area (Å²) in [5, 5.41) is 12.8. The van der Waals surface area contributed by atoms with E-state index in [4.69, 9.17) is 11.6 Å². The van der Waals surface area contributed by atoms with Gasteiger partial charge >= 0.3 is 0 Å². The summed E-state index contributed by atoms with van der Waals surface area (Å²) < 4.78 is 0.851. The molecule has 0 radical (unpaired) electrons. The van der Waals surface area contributed by atoms with Crippen molar-refractivity contribution in [2.45, 2.75) is 12.5 Å². The van der Waals surface area contributed by atoms with Crippen LogP contribution in [0.25, 0.3) is 0 Å². The Hall–Kier alpha value is -0.350. The molecule has 1 nitrogen and oxygen atoms in total. The number of hydrogen-bond acceptors (Lipinski definition) is 2. The Morgan fingerprint density at radius 1 is 1.38 bits per heavy atom. The average molecular weight is 318 g/mol. The Kier molecular flexibility index (Phi) is 4.03. The molecule has 2 rings (SSSR count). The Morgan fingerprint density at radius 3 is 2.81 bits per heavy atom. The minimum absolute atomic E-state index is 0.495. The second kappa shape index (κ2) is 5.32. The van der Waals surface area contributed by atoms with Crippen LogP contribution in [-0.2, 0) is 6.42 Å². The molecule has 1 atom stereocenters. The molecule has 0 aliphatic heterocycles. The number of thiophene rings is 1. The van der Waals surface area contributed by atoms with Crippen molar-refractivity contribution >= 4 is 38.9 Å². The molecule has 0 bridgehead atoms. The molecule has 16 heavy (non-hydrogen) atoms. The predicted octanol–water partition coefficient (Wildman–Crippen LogP) is 4.44. The van der Waals surface area contributed by atoms with Gasteiger partial charge in [-0.2, -0.15) is 0 Å². The van der Waals surface area contributed by atoms with E-state index in [-0.39, 0.29) is 0 Å². The van der Waals surface area contributed by atoms with Crippen LogP contribution in [-0.4, -0.2) is 5.11 Å². The van der Waals surface area contributed by atoms with Gasteiger partial charge in [0.2, 0.25) is 0 Å². The van der Waals surface area contributed by atoms with Gasteiger partial charge in [0.05, 0.1) is 6.10 Å². The van der Waals surface area contributed by atoms with Gasteiger partial charge < -0.3 is 5.11 Å². The quantitative estimate of drug-likeness (QED) is 0.887. The Bertz CT molecular complexity index is 470. The highest BCUT2D eigenvalue weighted by Gasteiger charge is 2.12. The number of halogens is 2. The van der Waals surface area contributed by atoms with Crippen molar-refractivity contribution in [3.8, 4) is 0 Å². The third-order valence-corrected chi connectivity index (χ3v) is 4.12. The van der Waals surface area contributed by atoms with E-state index in [9.17, 15) is 5.11 Å². The molecule has 0 fully saturated rings. The van der Waals surface area contributed by atoms with Crippen LogP contribution in [0.2, 0.25) is 5.02 Å². The van der Waals surface area contributed by atoms with E-state index < -0.39 is 6.10 Å². The van der Waals surface area contributed by atoms with Crippen LogP contribution in [0.4, 0.5) is 0 Å². The molecule has 4 heteroatoms. The molecule has 0 amide bonds. The van der Waals surface area contributed by atoms with Gasteiger partial charge in [-0.3, -0.25) is 0 Å². The van der Waals surface area contributed by atoms with E-state index in [1.165, 1.54) is 4.88 Å². The first-order valence-corrected chi connectivity index (χ1v) is 6.87. The van der Waals surface area contributed by atoms with Crippen molar-refractivity contribution in [1.29, 1.82) is 0 Å². The molecule has 1 N–H and O–H groups in total. The topological polar surface area (TPSA) is 20.2 Å². The standard InChI is InChI=1S/C12H10BrClOS/c13-11-6-8(14)3-4-10(11)12(15)7-9-2-1-5-16-9/h1-6,12,15H,7H2. The van der Waals surface area contributed by atoms with E-state index in [0.717, 1.165) is 10.0 Å². The molecule has 1 aromatic carbocycles. The van der Waals surface area contributed by atoms with Crippen LogP contribution in [0.15, 0.2) is 40.2 Å². The number of aliphatic hydroxyl groups excluding tert-OH is 1. The van der Waals surface area contributed by atoms with E-state index in [1.54, 1.807) is 23.5 Å². The van der Waals surface area contributed by atoms with E-state index in [0.29, 0.717) is 11.4 Å². The third-order valence-electron chi connectivity index (χ3n) is 2.30. The number of aliphatic hydroxyl groups is 1. The smallest absolute Gasteiger partial charge is 0.0849 e. The number of rotatable bonds is 3. The zero-order valence-corrected chi connectivity index (χ0v) is 11.5. The summed E-state index contributed by atoms with van der Waals surface area (Å²) in [7, 11) is 0. The number of hydrogen-bond donors (Lipinski definition) is 1. The molecule has 84 valence electrons. The normalized spacial score (nSPS) is 12.7. The van der Waals surface area contributed by atoms with Crippen molar-refractivity contribution in [2.75, 3.05) is 0 Å². The fraction of sp³-hybridized carbons (Fsp3) is 0.167. The van der Waals surface area contributed by atoms with Crippen LogP contribution < -0.4 is 0 Å². The lowest BCUT2D eigenvalue weighted by Crippen LogP contribution is -2.01. The SMILES string of the molecule is OC(Cc1cccs1)c1ccc(Cl)cc1Br.